The molecule has 0 aliphatic carbocycles. The molecule has 0 radical (unpaired) electrons. The van der Waals surface area contributed by atoms with Crippen LogP contribution in [0.2, 0.25) is 0 Å². The molecule has 1 aromatic heterocycles. The number of carbonyl (C=O) groups is 1. The summed E-state index contributed by atoms with van der Waals surface area (Å²) in [6.45, 7) is 6.19. The van der Waals surface area contributed by atoms with Gasteiger partial charge < -0.3 is 16.0 Å². The summed E-state index contributed by atoms with van der Waals surface area (Å²) in [5.74, 6) is 1.27. The number of nitrogens with zero attached hydrogens (tertiary/aromatic N) is 3. The number of hydrogen-bond donors (Lipinski definition) is 2. The van der Waals surface area contributed by atoms with E-state index in [1.165, 1.54) is 0 Å². The molecule has 1 aliphatic rings. The first-order chi connectivity index (χ1) is 9.65. The fourth-order valence-corrected chi connectivity index (χ4v) is 2.42. The molecule has 1 aliphatic heterocycles. The first-order valence-electron chi connectivity index (χ1n) is 7.32. The minimum Gasteiger partial charge on any atom is -0.370 e. The maximum absolute atomic E-state index is 11.8. The van der Waals surface area contributed by atoms with Gasteiger partial charge in [-0.25, -0.2) is 4.98 Å². The summed E-state index contributed by atoms with van der Waals surface area (Å²) in [6.07, 6.45) is 3.54. The van der Waals surface area contributed by atoms with Gasteiger partial charge in [-0.05, 0) is 12.8 Å². The number of rotatable bonds is 5. The van der Waals surface area contributed by atoms with Crippen molar-refractivity contribution in [3.05, 3.63) is 11.3 Å². The Balaban J connectivity index is 2.18. The van der Waals surface area contributed by atoms with Gasteiger partial charge in [0.05, 0.1) is 12.2 Å². The lowest BCUT2D eigenvalue weighted by Gasteiger charge is -2.29. The third-order valence-corrected chi connectivity index (χ3v) is 3.56. The number of hydrogen-bond acceptors (Lipinski definition) is 5. The van der Waals surface area contributed by atoms with Crippen LogP contribution in [0.5, 0.6) is 0 Å². The van der Waals surface area contributed by atoms with Crippen LogP contribution in [-0.2, 0) is 17.8 Å². The van der Waals surface area contributed by atoms with Crippen molar-refractivity contribution in [2.45, 2.75) is 46.1 Å². The lowest BCUT2D eigenvalue weighted by Crippen LogP contribution is -2.36. The Morgan fingerprint density at radius 2 is 2.20 bits per heavy atom. The summed E-state index contributed by atoms with van der Waals surface area (Å²) in [5, 5.41) is 3.34. The van der Waals surface area contributed by atoms with Crippen LogP contribution in [0.4, 0.5) is 11.8 Å². The Labute approximate surface area is 119 Å². The average molecular weight is 277 g/mol. The zero-order valence-corrected chi connectivity index (χ0v) is 12.3. The van der Waals surface area contributed by atoms with Gasteiger partial charge in [-0.1, -0.05) is 20.3 Å². The predicted octanol–water partition coefficient (Wildman–Crippen LogP) is 1.57. The first kappa shape index (κ1) is 14.6. The maximum Gasteiger partial charge on any atom is 0.222 e. The predicted molar refractivity (Wildman–Crippen MR) is 79.3 cm³/mol. The third kappa shape index (κ3) is 3.18. The Hall–Kier alpha value is -1.85. The number of carbonyl (C=O) groups excluding carboxylic acids is 1. The number of nitrogen functional groups attached to an aromatic ring is 1. The quantitative estimate of drug-likeness (QED) is 0.798. The number of fused-ring (bicyclic) bond motifs is 1. The highest BCUT2D eigenvalue weighted by Crippen LogP contribution is 2.24. The van der Waals surface area contributed by atoms with Crippen molar-refractivity contribution in [3.8, 4) is 0 Å². The van der Waals surface area contributed by atoms with Crippen LogP contribution in [0.15, 0.2) is 0 Å². The lowest BCUT2D eigenvalue weighted by atomic mass is 10.0. The van der Waals surface area contributed by atoms with Crippen molar-refractivity contribution in [2.24, 2.45) is 0 Å². The van der Waals surface area contributed by atoms with Crippen LogP contribution in [-0.4, -0.2) is 33.9 Å². The van der Waals surface area contributed by atoms with E-state index in [4.69, 9.17) is 5.73 Å². The highest BCUT2D eigenvalue weighted by atomic mass is 16.2. The fourth-order valence-electron chi connectivity index (χ4n) is 2.42. The van der Waals surface area contributed by atoms with Crippen LogP contribution in [0, 0.1) is 0 Å². The molecule has 2 heterocycles. The zero-order chi connectivity index (χ0) is 14.5. The smallest absolute Gasteiger partial charge is 0.222 e. The summed E-state index contributed by atoms with van der Waals surface area (Å²) in [6, 6.07) is 0. The number of anilines is 2. The monoisotopic (exact) mass is 277 g/mol. The largest absolute Gasteiger partial charge is 0.370 e. The summed E-state index contributed by atoms with van der Waals surface area (Å²) in [7, 11) is 0. The highest BCUT2D eigenvalue weighted by molar-refractivity contribution is 5.76. The molecule has 110 valence electrons. The Morgan fingerprint density at radius 3 is 2.90 bits per heavy atom. The molecule has 1 aromatic rings. The molecule has 6 nitrogen and oxygen atoms in total. The van der Waals surface area contributed by atoms with Crippen molar-refractivity contribution in [3.63, 3.8) is 0 Å². The number of nitrogens with one attached hydrogen (secondary N) is 1. The Kier molecular flexibility index (Phi) is 4.76. The topological polar surface area (TPSA) is 84.1 Å². The molecule has 0 bridgehead atoms. The Bertz CT molecular complexity index is 489. The van der Waals surface area contributed by atoms with Crippen LogP contribution in [0.3, 0.4) is 0 Å². The third-order valence-electron chi connectivity index (χ3n) is 3.56. The van der Waals surface area contributed by atoms with Gasteiger partial charge in [0, 0.05) is 25.1 Å². The molecule has 0 aromatic carbocycles. The Morgan fingerprint density at radius 1 is 1.40 bits per heavy atom. The number of unbranched alkanes of at least 4 members (excludes halogenated alkanes) is 1. The van der Waals surface area contributed by atoms with E-state index in [2.05, 4.69) is 22.2 Å². The summed E-state index contributed by atoms with van der Waals surface area (Å²) in [5.41, 5.74) is 7.76. The molecule has 0 atom stereocenters. The minimum atomic E-state index is 0.160. The van der Waals surface area contributed by atoms with E-state index in [1.54, 1.807) is 0 Å². The molecule has 3 N–H and O–H groups in total. The molecule has 0 unspecified atom stereocenters. The first-order valence-corrected chi connectivity index (χ1v) is 7.32. The van der Waals surface area contributed by atoms with Crippen molar-refractivity contribution in [1.82, 2.24) is 14.9 Å². The van der Waals surface area contributed by atoms with Gasteiger partial charge in [0.15, 0.2) is 0 Å². The SMILES string of the molecule is CCCCNc1nc(N)nc2c1CCN(C(=O)CC)C2. The number of nitrogens with two attached hydrogens (primary N) is 1. The summed E-state index contributed by atoms with van der Waals surface area (Å²) >= 11 is 0. The van der Waals surface area contributed by atoms with Crippen molar-refractivity contribution < 1.29 is 4.79 Å². The number of amides is 1. The normalized spacial score (nSPS) is 14.0. The van der Waals surface area contributed by atoms with E-state index in [-0.39, 0.29) is 11.9 Å². The van der Waals surface area contributed by atoms with E-state index >= 15 is 0 Å². The lowest BCUT2D eigenvalue weighted by molar-refractivity contribution is -0.131. The van der Waals surface area contributed by atoms with Gasteiger partial charge in [0.25, 0.3) is 0 Å². The van der Waals surface area contributed by atoms with E-state index in [1.807, 2.05) is 11.8 Å². The second kappa shape index (κ2) is 6.54. The molecule has 0 saturated heterocycles. The van der Waals surface area contributed by atoms with Crippen molar-refractivity contribution >= 4 is 17.7 Å². The molecule has 2 rings (SSSR count). The van der Waals surface area contributed by atoms with Crippen LogP contribution < -0.4 is 11.1 Å². The van der Waals surface area contributed by atoms with Crippen LogP contribution in [0.1, 0.15) is 44.4 Å². The molecule has 0 spiro atoms. The molecule has 0 saturated carbocycles. The van der Waals surface area contributed by atoms with Crippen molar-refractivity contribution in [1.29, 1.82) is 0 Å². The van der Waals surface area contributed by atoms with Crippen molar-refractivity contribution in [2.75, 3.05) is 24.1 Å². The molecular formula is C14H23N5O. The molecule has 0 fully saturated rings. The van der Waals surface area contributed by atoms with E-state index in [0.717, 1.165) is 49.4 Å². The van der Waals surface area contributed by atoms with Gasteiger partial charge in [0.1, 0.15) is 5.82 Å². The van der Waals surface area contributed by atoms with Crippen LogP contribution in [0.25, 0.3) is 0 Å². The summed E-state index contributed by atoms with van der Waals surface area (Å²) < 4.78 is 0. The van der Waals surface area contributed by atoms with E-state index in [0.29, 0.717) is 13.0 Å². The van der Waals surface area contributed by atoms with Gasteiger partial charge in [-0.15, -0.1) is 0 Å². The molecule has 6 heteroatoms. The minimum absolute atomic E-state index is 0.160. The highest BCUT2D eigenvalue weighted by Gasteiger charge is 2.24. The van der Waals surface area contributed by atoms with Crippen LogP contribution >= 0.6 is 0 Å². The van der Waals surface area contributed by atoms with Gasteiger partial charge in [-0.3, -0.25) is 4.79 Å². The average Bonchev–Trinajstić information content (AvgIpc) is 2.45. The second-order valence-corrected chi connectivity index (χ2v) is 5.05. The molecule has 20 heavy (non-hydrogen) atoms. The number of aromatic nitrogens is 2. The van der Waals surface area contributed by atoms with Gasteiger partial charge >= 0.3 is 0 Å². The van der Waals surface area contributed by atoms with Gasteiger partial charge in [-0.2, -0.15) is 4.98 Å². The zero-order valence-electron chi connectivity index (χ0n) is 12.3. The summed E-state index contributed by atoms with van der Waals surface area (Å²) in [4.78, 5) is 22.2. The second-order valence-electron chi connectivity index (χ2n) is 5.05. The standard InChI is InChI=1S/C14H23N5O/c1-3-5-7-16-13-10-6-8-19(12(20)4-2)9-11(10)17-14(15)18-13/h3-9H2,1-2H3,(H3,15,16,17,18). The van der Waals surface area contributed by atoms with E-state index < -0.39 is 0 Å². The van der Waals surface area contributed by atoms with Gasteiger partial charge in [0.2, 0.25) is 11.9 Å². The molecule has 1 amide bonds. The molecular weight excluding hydrogens is 254 g/mol. The van der Waals surface area contributed by atoms with E-state index in [9.17, 15) is 4.79 Å². The maximum atomic E-state index is 11.8. The fraction of sp³-hybridized carbons (Fsp3) is 0.643.